The van der Waals surface area contributed by atoms with Crippen LogP contribution < -0.4 is 10.9 Å². The number of nitro benzene ring substituents is 1. The maximum absolute atomic E-state index is 12.4. The SMILES string of the molecule is O=c1c(Cl)c(NCCc2ccc(Cl)s2)cnn1-c1ccc([N+](=O)[O-])cc1. The molecule has 2 heterocycles. The second-order valence-corrected chi connectivity index (χ2v) is 7.42. The molecule has 134 valence electrons. The van der Waals surface area contributed by atoms with E-state index in [0.29, 0.717) is 17.9 Å². The summed E-state index contributed by atoms with van der Waals surface area (Å²) in [7, 11) is 0. The van der Waals surface area contributed by atoms with Gasteiger partial charge in [0.05, 0.1) is 26.8 Å². The summed E-state index contributed by atoms with van der Waals surface area (Å²) >= 11 is 13.5. The van der Waals surface area contributed by atoms with Crippen LogP contribution in [0.5, 0.6) is 0 Å². The number of thiophene rings is 1. The summed E-state index contributed by atoms with van der Waals surface area (Å²) in [5, 5.41) is 17.9. The first kappa shape index (κ1) is 18.4. The molecule has 3 aromatic rings. The van der Waals surface area contributed by atoms with Crippen LogP contribution in [0.25, 0.3) is 5.69 Å². The van der Waals surface area contributed by atoms with Gasteiger partial charge in [-0.15, -0.1) is 11.3 Å². The van der Waals surface area contributed by atoms with E-state index in [1.165, 1.54) is 41.8 Å². The number of benzene rings is 1. The molecule has 1 aromatic carbocycles. The fourth-order valence-corrected chi connectivity index (χ4v) is 3.54. The Morgan fingerprint density at radius 1 is 1.19 bits per heavy atom. The van der Waals surface area contributed by atoms with E-state index in [0.717, 1.165) is 20.3 Å². The fraction of sp³-hybridized carbons (Fsp3) is 0.125. The lowest BCUT2D eigenvalue weighted by Gasteiger charge is -2.10. The summed E-state index contributed by atoms with van der Waals surface area (Å²) in [6.45, 7) is 0.569. The summed E-state index contributed by atoms with van der Waals surface area (Å²) in [5.41, 5.74) is 0.240. The molecule has 0 spiro atoms. The summed E-state index contributed by atoms with van der Waals surface area (Å²) in [4.78, 5) is 23.7. The van der Waals surface area contributed by atoms with Crippen molar-refractivity contribution in [2.75, 3.05) is 11.9 Å². The zero-order valence-corrected chi connectivity index (χ0v) is 15.5. The number of anilines is 1. The second-order valence-electron chi connectivity index (χ2n) is 5.25. The maximum atomic E-state index is 12.4. The van der Waals surface area contributed by atoms with Crippen LogP contribution in [0.3, 0.4) is 0 Å². The van der Waals surface area contributed by atoms with Crippen LogP contribution >= 0.6 is 34.5 Å². The molecule has 7 nitrogen and oxygen atoms in total. The predicted molar refractivity (Wildman–Crippen MR) is 103 cm³/mol. The van der Waals surface area contributed by atoms with Crippen LogP contribution in [-0.4, -0.2) is 21.2 Å². The van der Waals surface area contributed by atoms with Gasteiger partial charge in [0.2, 0.25) is 0 Å². The summed E-state index contributed by atoms with van der Waals surface area (Å²) in [5.74, 6) is 0. The van der Waals surface area contributed by atoms with E-state index in [2.05, 4.69) is 10.4 Å². The van der Waals surface area contributed by atoms with Crippen LogP contribution in [0.4, 0.5) is 11.4 Å². The average Bonchev–Trinajstić information content (AvgIpc) is 3.04. The fourth-order valence-electron chi connectivity index (χ4n) is 2.26. The van der Waals surface area contributed by atoms with Gasteiger partial charge >= 0.3 is 0 Å². The van der Waals surface area contributed by atoms with Gasteiger partial charge in [-0.3, -0.25) is 14.9 Å². The zero-order valence-electron chi connectivity index (χ0n) is 13.2. The minimum atomic E-state index is -0.513. The summed E-state index contributed by atoms with van der Waals surface area (Å²) in [6, 6.07) is 9.26. The van der Waals surface area contributed by atoms with Crippen molar-refractivity contribution in [1.29, 1.82) is 0 Å². The van der Waals surface area contributed by atoms with E-state index in [-0.39, 0.29) is 10.7 Å². The number of nitrogens with zero attached hydrogens (tertiary/aromatic N) is 3. The topological polar surface area (TPSA) is 90.1 Å². The first-order valence-electron chi connectivity index (χ1n) is 7.46. The highest BCUT2D eigenvalue weighted by Crippen LogP contribution is 2.22. The monoisotopic (exact) mass is 410 g/mol. The molecule has 0 bridgehead atoms. The molecule has 0 atom stereocenters. The number of non-ortho nitro benzene ring substituents is 1. The van der Waals surface area contributed by atoms with Crippen molar-refractivity contribution in [3.8, 4) is 5.69 Å². The van der Waals surface area contributed by atoms with Crippen LogP contribution in [0.15, 0.2) is 47.4 Å². The average molecular weight is 411 g/mol. The lowest BCUT2D eigenvalue weighted by Crippen LogP contribution is -2.23. The van der Waals surface area contributed by atoms with E-state index in [4.69, 9.17) is 23.2 Å². The smallest absolute Gasteiger partial charge is 0.292 e. The Hall–Kier alpha value is -2.42. The number of hydrogen-bond donors (Lipinski definition) is 1. The molecule has 10 heteroatoms. The quantitative estimate of drug-likeness (QED) is 0.486. The zero-order chi connectivity index (χ0) is 18.7. The molecular formula is C16H12Cl2N4O3S. The number of nitro groups is 1. The minimum Gasteiger partial charge on any atom is -0.382 e. The van der Waals surface area contributed by atoms with E-state index in [9.17, 15) is 14.9 Å². The predicted octanol–water partition coefficient (Wildman–Crippen LogP) is 4.16. The van der Waals surface area contributed by atoms with Gasteiger partial charge < -0.3 is 5.32 Å². The highest BCUT2D eigenvalue weighted by Gasteiger charge is 2.12. The Morgan fingerprint density at radius 2 is 1.92 bits per heavy atom. The van der Waals surface area contributed by atoms with Gasteiger partial charge in [0.25, 0.3) is 11.2 Å². The first-order chi connectivity index (χ1) is 12.5. The molecule has 0 fully saturated rings. The third-order valence-electron chi connectivity index (χ3n) is 3.54. The third-order valence-corrected chi connectivity index (χ3v) is 5.20. The molecule has 26 heavy (non-hydrogen) atoms. The van der Waals surface area contributed by atoms with Crippen molar-refractivity contribution in [2.24, 2.45) is 0 Å². The lowest BCUT2D eigenvalue weighted by atomic mass is 10.3. The molecule has 0 aliphatic rings. The summed E-state index contributed by atoms with van der Waals surface area (Å²) in [6.07, 6.45) is 2.19. The van der Waals surface area contributed by atoms with E-state index < -0.39 is 10.5 Å². The van der Waals surface area contributed by atoms with Crippen molar-refractivity contribution in [1.82, 2.24) is 9.78 Å². The molecule has 0 saturated carbocycles. The maximum Gasteiger partial charge on any atom is 0.292 e. The van der Waals surface area contributed by atoms with E-state index in [1.54, 1.807) is 0 Å². The second kappa shape index (κ2) is 7.86. The Labute approximate surface area is 162 Å². The van der Waals surface area contributed by atoms with Gasteiger partial charge in [0, 0.05) is 23.6 Å². The van der Waals surface area contributed by atoms with Gasteiger partial charge in [-0.2, -0.15) is 9.78 Å². The van der Waals surface area contributed by atoms with Gasteiger partial charge in [0.15, 0.2) is 0 Å². The standard InChI is InChI=1S/C16H12Cl2N4O3S/c17-14-6-5-12(26-14)7-8-19-13-9-20-21(16(23)15(13)18)10-1-3-11(4-2-10)22(24)25/h1-6,9,19H,7-8H2. The highest BCUT2D eigenvalue weighted by molar-refractivity contribution is 7.16. The molecule has 1 N–H and O–H groups in total. The minimum absolute atomic E-state index is 0.00237. The third kappa shape index (κ3) is 4.04. The normalized spacial score (nSPS) is 10.7. The Bertz CT molecular complexity index is 1000. The number of hydrogen-bond acceptors (Lipinski definition) is 6. The van der Waals surface area contributed by atoms with Crippen molar-refractivity contribution >= 4 is 45.9 Å². The van der Waals surface area contributed by atoms with Crippen molar-refractivity contribution in [2.45, 2.75) is 6.42 Å². The molecule has 0 unspecified atom stereocenters. The van der Waals surface area contributed by atoms with Crippen LogP contribution in [0.1, 0.15) is 4.88 Å². The van der Waals surface area contributed by atoms with E-state index >= 15 is 0 Å². The van der Waals surface area contributed by atoms with Crippen LogP contribution in [-0.2, 0) is 6.42 Å². The van der Waals surface area contributed by atoms with Crippen LogP contribution in [0.2, 0.25) is 9.36 Å². The van der Waals surface area contributed by atoms with E-state index in [1.807, 2.05) is 12.1 Å². The van der Waals surface area contributed by atoms with Gasteiger partial charge in [0.1, 0.15) is 5.02 Å². The molecule has 0 aliphatic heterocycles. The molecule has 2 aromatic heterocycles. The molecule has 0 aliphatic carbocycles. The van der Waals surface area contributed by atoms with Crippen LogP contribution in [0, 0.1) is 10.1 Å². The van der Waals surface area contributed by atoms with Gasteiger partial charge in [-0.1, -0.05) is 23.2 Å². The Kier molecular flexibility index (Phi) is 5.55. The Balaban J connectivity index is 1.75. The van der Waals surface area contributed by atoms with Crippen molar-refractivity contribution in [3.05, 3.63) is 77.3 Å². The number of halogens is 2. The number of rotatable bonds is 6. The van der Waals surface area contributed by atoms with Crippen molar-refractivity contribution in [3.63, 3.8) is 0 Å². The molecule has 0 radical (unpaired) electrons. The summed E-state index contributed by atoms with van der Waals surface area (Å²) < 4.78 is 1.82. The number of nitrogens with one attached hydrogen (secondary N) is 1. The lowest BCUT2D eigenvalue weighted by molar-refractivity contribution is -0.384. The van der Waals surface area contributed by atoms with Crippen molar-refractivity contribution < 1.29 is 4.92 Å². The number of aromatic nitrogens is 2. The molecular weight excluding hydrogens is 399 g/mol. The highest BCUT2D eigenvalue weighted by atomic mass is 35.5. The first-order valence-corrected chi connectivity index (χ1v) is 9.03. The van der Waals surface area contributed by atoms with Gasteiger partial charge in [-0.25, -0.2) is 0 Å². The molecule has 3 rings (SSSR count). The van der Waals surface area contributed by atoms with Gasteiger partial charge in [-0.05, 0) is 30.7 Å². The largest absolute Gasteiger partial charge is 0.382 e. The molecule has 0 amide bonds. The molecule has 0 saturated heterocycles. The Morgan fingerprint density at radius 3 is 2.54 bits per heavy atom.